The van der Waals surface area contributed by atoms with Gasteiger partial charge in [0.15, 0.2) is 5.76 Å². The fourth-order valence-electron chi connectivity index (χ4n) is 10.8. The molecule has 4 aliphatic heterocycles. The molecule has 73 heavy (non-hydrogen) atoms. The van der Waals surface area contributed by atoms with Gasteiger partial charge in [0.05, 0.1) is 38.5 Å². The maximum absolute atomic E-state index is 14.1. The molecule has 2 aromatic rings. The second kappa shape index (κ2) is 22.5. The summed E-state index contributed by atoms with van der Waals surface area (Å²) in [7, 11) is 4.47. The number of para-hydroxylation sites is 1. The standard InChI is InChI=1S/C55H65N7O11/c1-31(58-50(63)16-10-11-17-51(64)71-5)52(65)59-32(2)53(66)60-37-19-33(29-72-48-25-42-40(23-46(48)69-3)54(67)61-38(27-56-42)21-35-12-6-8-14-44(35)61)18-34(20-37)30-73-49-26-43-41(24-47(49)70-4)55(68)62-39(28-57-43)22-36-13-7-9-15-45(36)62/h6-9,12-15,18-20,23,25-26,28,31-32,35,38-39,41,44,46,48,54,56,67H,10-11,16-17,21-22,24,27,29-30H2,1-5H3,(H,58,63)(H,59,65)(H,60,66)/t31?,32?,35?,38-,39?,41?,44?,46?,48?,54?/m0/s1. The number of aliphatic hydroxyl groups is 1. The van der Waals surface area contributed by atoms with Crippen LogP contribution in [0.5, 0.6) is 0 Å². The second-order valence-electron chi connectivity index (χ2n) is 19.5. The molecule has 9 rings (SSSR count). The Morgan fingerprint density at radius 1 is 0.904 bits per heavy atom. The number of rotatable bonds is 18. The lowest BCUT2D eigenvalue weighted by atomic mass is 9.93. The van der Waals surface area contributed by atoms with E-state index in [0.29, 0.717) is 65.8 Å². The predicted molar refractivity (Wildman–Crippen MR) is 271 cm³/mol. The normalized spacial score (nSPS) is 26.4. The number of hydrogen-bond donors (Lipinski definition) is 5. The van der Waals surface area contributed by atoms with Crippen molar-refractivity contribution in [3.63, 3.8) is 0 Å². The molecule has 18 heteroatoms. The van der Waals surface area contributed by atoms with E-state index < -0.39 is 48.3 Å². The molecule has 0 radical (unpaired) electrons. The van der Waals surface area contributed by atoms with Gasteiger partial charge in [0.2, 0.25) is 23.6 Å². The van der Waals surface area contributed by atoms with Crippen molar-refractivity contribution < 1.29 is 52.8 Å². The number of unbranched alkanes of at least 4 members (excludes halogenated alkanes) is 1. The number of hydrogen-bond acceptors (Lipinski definition) is 14. The summed E-state index contributed by atoms with van der Waals surface area (Å²) in [5.41, 5.74) is 5.89. The highest BCUT2D eigenvalue weighted by Gasteiger charge is 2.47. The SMILES string of the molecule is COC(=O)CCCCC(=O)NC(C)C(=O)NC(C)C(=O)Nc1cc(COC2=C(OC)CC3C(=O)N4c5ccccc5CC4C=NC3=C2)cc(COC2C=C3NC[C@@H]4CC5C=CC=CC5N4C(O)C3=CC2OC)c1. The third-order valence-electron chi connectivity index (χ3n) is 14.6. The quantitative estimate of drug-likeness (QED) is 0.103. The predicted octanol–water partition coefficient (Wildman–Crippen LogP) is 4.52. The van der Waals surface area contributed by atoms with E-state index in [0.717, 1.165) is 28.9 Å². The summed E-state index contributed by atoms with van der Waals surface area (Å²) in [6, 6.07) is 11.5. The van der Waals surface area contributed by atoms with Gasteiger partial charge in [-0.15, -0.1) is 0 Å². The highest BCUT2D eigenvalue weighted by atomic mass is 16.5. The number of carbonyl (C=O) groups is 5. The van der Waals surface area contributed by atoms with Gasteiger partial charge in [-0.3, -0.25) is 33.9 Å². The van der Waals surface area contributed by atoms with Crippen LogP contribution in [0.15, 0.2) is 118 Å². The summed E-state index contributed by atoms with van der Waals surface area (Å²) in [5, 5.41) is 23.7. The Labute approximate surface area is 425 Å². The minimum absolute atomic E-state index is 0.0336. The van der Waals surface area contributed by atoms with E-state index in [2.05, 4.69) is 49.1 Å². The molecular weight excluding hydrogens is 935 g/mol. The average molecular weight is 1000 g/mol. The van der Waals surface area contributed by atoms with Crippen molar-refractivity contribution in [2.75, 3.05) is 38.1 Å². The van der Waals surface area contributed by atoms with Crippen LogP contribution in [0.4, 0.5) is 11.4 Å². The van der Waals surface area contributed by atoms with E-state index in [4.69, 9.17) is 23.9 Å². The van der Waals surface area contributed by atoms with Gasteiger partial charge in [-0.2, -0.15) is 0 Å². The van der Waals surface area contributed by atoms with Crippen molar-refractivity contribution in [1.29, 1.82) is 0 Å². The van der Waals surface area contributed by atoms with Crippen molar-refractivity contribution in [2.24, 2.45) is 16.8 Å². The van der Waals surface area contributed by atoms with Gasteiger partial charge in [-0.1, -0.05) is 42.5 Å². The maximum Gasteiger partial charge on any atom is 0.305 e. The Morgan fingerprint density at radius 3 is 2.47 bits per heavy atom. The van der Waals surface area contributed by atoms with Crippen LogP contribution >= 0.6 is 0 Å². The number of amides is 4. The number of anilines is 2. The number of methoxy groups -OCH3 is 3. The fourth-order valence-corrected chi connectivity index (χ4v) is 10.8. The van der Waals surface area contributed by atoms with Crippen molar-refractivity contribution in [1.82, 2.24) is 20.9 Å². The number of aliphatic hydroxyl groups excluding tert-OH is 1. The number of esters is 1. The number of carbonyl (C=O) groups excluding carboxylic acids is 5. The van der Waals surface area contributed by atoms with Gasteiger partial charge >= 0.3 is 5.97 Å². The lowest BCUT2D eigenvalue weighted by Crippen LogP contribution is -2.50. The molecule has 10 atom stereocenters. The topological polar surface area (TPSA) is 219 Å². The molecular formula is C55H65N7O11. The molecule has 4 amide bonds. The molecule has 18 nitrogen and oxygen atoms in total. The van der Waals surface area contributed by atoms with Gasteiger partial charge in [0, 0.05) is 86.4 Å². The number of ether oxygens (including phenoxy) is 5. The van der Waals surface area contributed by atoms with Crippen molar-refractivity contribution in [3.8, 4) is 0 Å². The molecule has 2 fully saturated rings. The Morgan fingerprint density at radius 2 is 1.67 bits per heavy atom. The molecule has 9 unspecified atom stereocenters. The maximum atomic E-state index is 14.1. The van der Waals surface area contributed by atoms with E-state index >= 15 is 0 Å². The first-order chi connectivity index (χ1) is 35.3. The Kier molecular flexibility index (Phi) is 15.7. The number of nitrogens with one attached hydrogen (secondary N) is 4. The zero-order valence-corrected chi connectivity index (χ0v) is 41.9. The van der Waals surface area contributed by atoms with Crippen LogP contribution in [0.25, 0.3) is 0 Å². The van der Waals surface area contributed by atoms with Gasteiger partial charge in [0.25, 0.3) is 0 Å². The average Bonchev–Trinajstić information content (AvgIpc) is 3.89. The van der Waals surface area contributed by atoms with Crippen LogP contribution in [0, 0.1) is 11.8 Å². The van der Waals surface area contributed by atoms with Crippen LogP contribution in [0.3, 0.4) is 0 Å². The number of allylic oxidation sites excluding steroid dienone is 4. The third-order valence-corrected chi connectivity index (χ3v) is 14.6. The molecule has 0 aromatic heterocycles. The molecule has 5 N–H and O–H groups in total. The van der Waals surface area contributed by atoms with E-state index in [1.54, 1.807) is 39.4 Å². The summed E-state index contributed by atoms with van der Waals surface area (Å²) in [4.78, 5) is 73.8. The minimum atomic E-state index is -0.998. The van der Waals surface area contributed by atoms with Gasteiger partial charge in [0.1, 0.15) is 42.9 Å². The minimum Gasteiger partial charge on any atom is -0.497 e. The van der Waals surface area contributed by atoms with E-state index in [9.17, 15) is 29.1 Å². The Hall–Kier alpha value is -6.86. The highest BCUT2D eigenvalue weighted by Crippen LogP contribution is 2.42. The summed E-state index contributed by atoms with van der Waals surface area (Å²) in [6.07, 6.45) is 17.2. The monoisotopic (exact) mass is 999 g/mol. The number of benzene rings is 2. The van der Waals surface area contributed by atoms with E-state index in [1.165, 1.54) is 14.0 Å². The first-order valence-electron chi connectivity index (χ1n) is 25.1. The van der Waals surface area contributed by atoms with Crippen LogP contribution in [-0.4, -0.2) is 122 Å². The first-order valence-corrected chi connectivity index (χ1v) is 25.1. The number of fused-ring (bicyclic) bond motifs is 8. The summed E-state index contributed by atoms with van der Waals surface area (Å²) < 4.78 is 29.5. The van der Waals surface area contributed by atoms with Crippen LogP contribution in [0.1, 0.15) is 69.1 Å². The summed E-state index contributed by atoms with van der Waals surface area (Å²) in [5.74, 6) is -1.12. The van der Waals surface area contributed by atoms with Gasteiger partial charge in [-0.05, 0) is 92.1 Å². The molecule has 386 valence electrons. The Balaban J connectivity index is 0.900. The molecule has 2 aromatic carbocycles. The summed E-state index contributed by atoms with van der Waals surface area (Å²) in [6.45, 7) is 3.86. The smallest absolute Gasteiger partial charge is 0.305 e. The van der Waals surface area contributed by atoms with Crippen molar-refractivity contribution in [2.45, 2.75) is 121 Å². The molecule has 0 bridgehead atoms. The van der Waals surface area contributed by atoms with Gasteiger partial charge < -0.3 is 55.0 Å². The molecule has 7 aliphatic rings. The first kappa shape index (κ1) is 51.1. The number of aliphatic imine (C=N–C) groups is 1. The fraction of sp³-hybridized carbons (Fsp3) is 0.455. The molecule has 0 spiro atoms. The Bertz CT molecular complexity index is 2710. The molecule has 3 aliphatic carbocycles. The lowest BCUT2D eigenvalue weighted by molar-refractivity contribution is -0.141. The van der Waals surface area contributed by atoms with Crippen LogP contribution in [0.2, 0.25) is 0 Å². The second-order valence-corrected chi connectivity index (χ2v) is 19.5. The highest BCUT2D eigenvalue weighted by molar-refractivity contribution is 6.04. The van der Waals surface area contributed by atoms with Gasteiger partial charge in [-0.25, -0.2) is 0 Å². The molecule has 0 saturated carbocycles. The number of nitrogens with zero attached hydrogens (tertiary/aromatic N) is 3. The third kappa shape index (κ3) is 11.2. The molecule has 4 heterocycles. The zero-order valence-electron chi connectivity index (χ0n) is 41.9. The lowest BCUT2D eigenvalue weighted by Gasteiger charge is -2.35. The molecule has 2 saturated heterocycles. The van der Waals surface area contributed by atoms with Crippen molar-refractivity contribution in [3.05, 3.63) is 130 Å². The zero-order chi connectivity index (χ0) is 51.3. The summed E-state index contributed by atoms with van der Waals surface area (Å²) >= 11 is 0. The van der Waals surface area contributed by atoms with E-state index in [-0.39, 0.29) is 68.4 Å². The van der Waals surface area contributed by atoms with Crippen molar-refractivity contribution >= 4 is 47.2 Å². The van der Waals surface area contributed by atoms with Crippen LogP contribution in [-0.2, 0) is 67.3 Å². The largest absolute Gasteiger partial charge is 0.497 e. The van der Waals surface area contributed by atoms with Crippen LogP contribution < -0.4 is 26.2 Å². The van der Waals surface area contributed by atoms with E-state index in [1.807, 2.05) is 59.7 Å².